The number of benzene rings is 3. The van der Waals surface area contributed by atoms with Crippen LogP contribution < -0.4 is 5.73 Å². The highest BCUT2D eigenvalue weighted by Crippen LogP contribution is 2.24. The Morgan fingerprint density at radius 1 is 0.818 bits per heavy atom. The predicted octanol–water partition coefficient (Wildman–Crippen LogP) is 4.93. The number of rotatable bonds is 3. The predicted molar refractivity (Wildman–Crippen MR) is 93.9 cm³/mol. The first-order valence-electron chi connectivity index (χ1n) is 6.90. The zero-order chi connectivity index (χ0) is 15.5. The minimum atomic E-state index is -0.0726. The van der Waals surface area contributed by atoms with E-state index in [4.69, 9.17) is 5.73 Å². The summed E-state index contributed by atoms with van der Waals surface area (Å²) in [5.41, 5.74) is 9.66. The molecule has 3 aromatic rings. The number of halogens is 1. The molecule has 22 heavy (non-hydrogen) atoms. The Labute approximate surface area is 137 Å². The van der Waals surface area contributed by atoms with Gasteiger partial charge in [0.05, 0.1) is 0 Å². The molecule has 108 valence electrons. The van der Waals surface area contributed by atoms with Gasteiger partial charge in [0.15, 0.2) is 5.78 Å². The van der Waals surface area contributed by atoms with Crippen LogP contribution in [0, 0.1) is 0 Å². The summed E-state index contributed by atoms with van der Waals surface area (Å²) in [7, 11) is 0. The van der Waals surface area contributed by atoms with Crippen molar-refractivity contribution in [2.24, 2.45) is 0 Å². The molecule has 2 nitrogen and oxygen atoms in total. The Morgan fingerprint density at radius 3 is 2.32 bits per heavy atom. The van der Waals surface area contributed by atoms with Gasteiger partial charge in [0.1, 0.15) is 0 Å². The molecular formula is C19H14BrNO. The lowest BCUT2D eigenvalue weighted by Crippen LogP contribution is -2.05. The monoisotopic (exact) mass is 351 g/mol. The van der Waals surface area contributed by atoms with Crippen molar-refractivity contribution < 1.29 is 4.79 Å². The number of carbonyl (C=O) groups excluding carboxylic acids is 1. The van der Waals surface area contributed by atoms with Crippen molar-refractivity contribution in [2.75, 3.05) is 5.73 Å². The van der Waals surface area contributed by atoms with E-state index in [-0.39, 0.29) is 5.78 Å². The molecule has 0 aliphatic heterocycles. The molecule has 0 aliphatic carbocycles. The molecule has 3 heteroatoms. The molecule has 0 unspecified atom stereocenters. The Hall–Kier alpha value is -2.39. The lowest BCUT2D eigenvalue weighted by Gasteiger charge is -2.08. The lowest BCUT2D eigenvalue weighted by atomic mass is 9.97. The second-order valence-corrected chi connectivity index (χ2v) is 5.92. The highest BCUT2D eigenvalue weighted by molar-refractivity contribution is 9.10. The van der Waals surface area contributed by atoms with Crippen LogP contribution in [0.2, 0.25) is 0 Å². The second-order valence-electron chi connectivity index (χ2n) is 5.01. The first-order chi connectivity index (χ1) is 10.6. The highest BCUT2D eigenvalue weighted by Gasteiger charge is 2.13. The average Bonchev–Trinajstić information content (AvgIpc) is 2.57. The van der Waals surface area contributed by atoms with Crippen LogP contribution in [0.3, 0.4) is 0 Å². The van der Waals surface area contributed by atoms with Crippen LogP contribution in [0.5, 0.6) is 0 Å². The largest absolute Gasteiger partial charge is 0.398 e. The summed E-state index contributed by atoms with van der Waals surface area (Å²) >= 11 is 3.38. The fraction of sp³-hybridized carbons (Fsp3) is 0. The minimum Gasteiger partial charge on any atom is -0.398 e. The zero-order valence-electron chi connectivity index (χ0n) is 11.8. The highest BCUT2D eigenvalue weighted by atomic mass is 79.9. The molecule has 0 heterocycles. The van der Waals surface area contributed by atoms with E-state index in [0.29, 0.717) is 16.8 Å². The molecule has 0 radical (unpaired) electrons. The number of carbonyl (C=O) groups is 1. The third-order valence-electron chi connectivity index (χ3n) is 3.49. The minimum absolute atomic E-state index is 0.0726. The zero-order valence-corrected chi connectivity index (χ0v) is 13.4. The van der Waals surface area contributed by atoms with Gasteiger partial charge in [0.2, 0.25) is 0 Å². The molecule has 0 atom stereocenters. The van der Waals surface area contributed by atoms with Crippen molar-refractivity contribution in [2.45, 2.75) is 0 Å². The second kappa shape index (κ2) is 6.16. The molecule has 0 amide bonds. The number of nitrogen functional groups attached to an aromatic ring is 1. The standard InChI is InChI=1S/C19H14BrNO/c20-16-9-10-18(21)17(12-16)19(22)15-8-4-7-14(11-15)13-5-2-1-3-6-13/h1-12H,21H2. The Bertz CT molecular complexity index is 828. The summed E-state index contributed by atoms with van der Waals surface area (Å²) in [6, 6.07) is 22.9. The van der Waals surface area contributed by atoms with Crippen molar-refractivity contribution in [1.29, 1.82) is 0 Å². The maximum absolute atomic E-state index is 12.7. The Kier molecular flexibility index (Phi) is 4.07. The van der Waals surface area contributed by atoms with Gasteiger partial charge in [-0.3, -0.25) is 4.79 Å². The first kappa shape index (κ1) is 14.5. The van der Waals surface area contributed by atoms with Crippen molar-refractivity contribution in [3.8, 4) is 11.1 Å². The van der Waals surface area contributed by atoms with E-state index in [1.807, 2.05) is 60.7 Å². The van der Waals surface area contributed by atoms with Gasteiger partial charge < -0.3 is 5.73 Å². The molecule has 3 rings (SSSR count). The van der Waals surface area contributed by atoms with Crippen LogP contribution in [-0.4, -0.2) is 5.78 Å². The van der Waals surface area contributed by atoms with Gasteiger partial charge in [-0.1, -0.05) is 64.5 Å². The van der Waals surface area contributed by atoms with Gasteiger partial charge in [-0.2, -0.15) is 0 Å². The van der Waals surface area contributed by atoms with Crippen molar-refractivity contribution in [3.63, 3.8) is 0 Å². The van der Waals surface area contributed by atoms with Crippen LogP contribution in [0.15, 0.2) is 77.3 Å². The third-order valence-corrected chi connectivity index (χ3v) is 3.99. The quantitative estimate of drug-likeness (QED) is 0.537. The summed E-state index contributed by atoms with van der Waals surface area (Å²) in [5, 5.41) is 0. The van der Waals surface area contributed by atoms with E-state index >= 15 is 0 Å². The summed E-state index contributed by atoms with van der Waals surface area (Å²) in [5.74, 6) is -0.0726. The van der Waals surface area contributed by atoms with Gasteiger partial charge in [-0.15, -0.1) is 0 Å². The molecule has 0 aliphatic rings. The number of hydrogen-bond acceptors (Lipinski definition) is 2. The number of nitrogens with two attached hydrogens (primary N) is 1. The van der Waals surface area contributed by atoms with Crippen molar-refractivity contribution in [1.82, 2.24) is 0 Å². The normalized spacial score (nSPS) is 10.4. The SMILES string of the molecule is Nc1ccc(Br)cc1C(=O)c1cccc(-c2ccccc2)c1. The molecule has 0 bridgehead atoms. The van der Waals surface area contributed by atoms with Crippen LogP contribution in [0.1, 0.15) is 15.9 Å². The van der Waals surface area contributed by atoms with Gasteiger partial charge in [0, 0.05) is 21.3 Å². The first-order valence-corrected chi connectivity index (χ1v) is 7.69. The number of anilines is 1. The topological polar surface area (TPSA) is 43.1 Å². The van der Waals surface area contributed by atoms with Crippen LogP contribution in [0.4, 0.5) is 5.69 Å². The summed E-state index contributed by atoms with van der Waals surface area (Å²) in [4.78, 5) is 12.7. The number of hydrogen-bond donors (Lipinski definition) is 1. The molecule has 0 fully saturated rings. The van der Waals surface area contributed by atoms with Crippen molar-refractivity contribution >= 4 is 27.4 Å². The smallest absolute Gasteiger partial charge is 0.195 e. The molecule has 0 spiro atoms. The molecular weight excluding hydrogens is 338 g/mol. The van der Waals surface area contributed by atoms with E-state index < -0.39 is 0 Å². The van der Waals surface area contributed by atoms with Gasteiger partial charge in [0.25, 0.3) is 0 Å². The molecule has 0 saturated heterocycles. The van der Waals surface area contributed by atoms with Gasteiger partial charge >= 0.3 is 0 Å². The Balaban J connectivity index is 2.02. The summed E-state index contributed by atoms with van der Waals surface area (Å²) in [6.07, 6.45) is 0. The molecule has 3 aromatic carbocycles. The fourth-order valence-electron chi connectivity index (χ4n) is 2.35. The van der Waals surface area contributed by atoms with Crippen LogP contribution in [-0.2, 0) is 0 Å². The fourth-order valence-corrected chi connectivity index (χ4v) is 2.71. The van der Waals surface area contributed by atoms with Crippen LogP contribution in [0.25, 0.3) is 11.1 Å². The summed E-state index contributed by atoms with van der Waals surface area (Å²) < 4.78 is 0.837. The van der Waals surface area contributed by atoms with E-state index in [9.17, 15) is 4.79 Å². The van der Waals surface area contributed by atoms with Crippen molar-refractivity contribution in [3.05, 3.63) is 88.4 Å². The van der Waals surface area contributed by atoms with Gasteiger partial charge in [-0.05, 0) is 35.4 Å². The maximum Gasteiger partial charge on any atom is 0.195 e. The molecule has 0 saturated carbocycles. The van der Waals surface area contributed by atoms with E-state index in [1.165, 1.54) is 0 Å². The van der Waals surface area contributed by atoms with E-state index in [2.05, 4.69) is 15.9 Å². The third kappa shape index (κ3) is 2.95. The van der Waals surface area contributed by atoms with E-state index in [0.717, 1.165) is 15.6 Å². The molecule has 0 aromatic heterocycles. The van der Waals surface area contributed by atoms with Gasteiger partial charge in [-0.25, -0.2) is 0 Å². The van der Waals surface area contributed by atoms with E-state index in [1.54, 1.807) is 12.1 Å². The maximum atomic E-state index is 12.7. The summed E-state index contributed by atoms with van der Waals surface area (Å²) in [6.45, 7) is 0. The Morgan fingerprint density at radius 2 is 1.55 bits per heavy atom. The average molecular weight is 352 g/mol. The van der Waals surface area contributed by atoms with Crippen LogP contribution >= 0.6 is 15.9 Å². The lowest BCUT2D eigenvalue weighted by molar-refractivity contribution is 0.103. The number of ketones is 1. The molecule has 2 N–H and O–H groups in total.